The van der Waals surface area contributed by atoms with Crippen molar-refractivity contribution in [3.05, 3.63) is 92.9 Å². The number of imide groups is 1. The van der Waals surface area contributed by atoms with Gasteiger partial charge in [0.15, 0.2) is 0 Å². The lowest BCUT2D eigenvalue weighted by atomic mass is 9.82. The Morgan fingerprint density at radius 1 is 0.837 bits per heavy atom. The van der Waals surface area contributed by atoms with Gasteiger partial charge in [-0.15, -0.1) is 0 Å². The molecule has 3 atom stereocenters. The van der Waals surface area contributed by atoms with E-state index in [0.717, 1.165) is 23.1 Å². The maximum atomic E-state index is 14.1. The third-order valence-electron chi connectivity index (χ3n) is 7.53. The molecule has 12 heteroatoms. The number of carbonyl (C=O) groups is 3. The third kappa shape index (κ3) is 5.06. The lowest BCUT2D eigenvalue weighted by molar-refractivity contribution is -0.122. The number of nitrogens with zero attached hydrogens (tertiary/aromatic N) is 2. The quantitative estimate of drug-likeness (QED) is 0.290. The molecule has 1 N–H and O–H groups in total. The van der Waals surface area contributed by atoms with Crippen molar-refractivity contribution in [1.29, 1.82) is 0 Å². The molecular formula is C31H27N3O7S2. The van der Waals surface area contributed by atoms with E-state index in [4.69, 9.17) is 14.2 Å². The Hall–Kier alpha value is -4.55. The van der Waals surface area contributed by atoms with Crippen molar-refractivity contribution >= 4 is 52.2 Å². The zero-order valence-corrected chi connectivity index (χ0v) is 25.1. The Morgan fingerprint density at radius 3 is 2.14 bits per heavy atom. The standard InChI is InChI=1S/C31H27N3O7S2/c1-39-19-12-8-17(9-13-19)32-23(35)16-33-30-27(43-31(33)38)24(21-6-4-5-7-22(21)41-3)25-26(42-30)29(37)34(28(25)36)18-10-14-20(40-2)15-11-18/h4-15,24-26H,16H2,1-3H3,(H,32,35)/t24-,25-,26+/m0/s1. The van der Waals surface area contributed by atoms with Gasteiger partial charge in [-0.05, 0) is 54.6 Å². The number of amides is 3. The molecule has 1 saturated heterocycles. The molecule has 43 heavy (non-hydrogen) atoms. The first-order valence-electron chi connectivity index (χ1n) is 13.3. The fourth-order valence-electron chi connectivity index (χ4n) is 5.52. The van der Waals surface area contributed by atoms with E-state index in [9.17, 15) is 19.2 Å². The van der Waals surface area contributed by atoms with Crippen molar-refractivity contribution in [2.75, 3.05) is 31.5 Å². The van der Waals surface area contributed by atoms with Crippen molar-refractivity contribution in [1.82, 2.24) is 4.57 Å². The molecule has 3 heterocycles. The van der Waals surface area contributed by atoms with E-state index in [1.54, 1.807) is 68.8 Å². The van der Waals surface area contributed by atoms with E-state index in [0.29, 0.717) is 44.1 Å². The number of benzene rings is 3. The van der Waals surface area contributed by atoms with E-state index in [1.165, 1.54) is 16.6 Å². The van der Waals surface area contributed by atoms with Crippen LogP contribution in [0.15, 0.2) is 82.6 Å². The number of rotatable bonds is 8. The predicted octanol–water partition coefficient (Wildman–Crippen LogP) is 4.37. The minimum Gasteiger partial charge on any atom is -0.497 e. The molecule has 0 radical (unpaired) electrons. The average molecular weight is 618 g/mol. The second-order valence-corrected chi connectivity index (χ2v) is 12.0. The van der Waals surface area contributed by atoms with Gasteiger partial charge in [0.25, 0.3) is 0 Å². The molecule has 0 unspecified atom stereocenters. The molecule has 0 spiro atoms. The third-order valence-corrected chi connectivity index (χ3v) is 10.1. The van der Waals surface area contributed by atoms with Gasteiger partial charge in [-0.25, -0.2) is 4.90 Å². The van der Waals surface area contributed by atoms with Crippen LogP contribution < -0.4 is 29.3 Å². The lowest BCUT2D eigenvalue weighted by Crippen LogP contribution is -2.33. The van der Waals surface area contributed by atoms with Gasteiger partial charge in [0.1, 0.15) is 29.0 Å². The van der Waals surface area contributed by atoms with Crippen molar-refractivity contribution in [2.45, 2.75) is 22.7 Å². The zero-order valence-electron chi connectivity index (χ0n) is 23.4. The highest BCUT2D eigenvalue weighted by atomic mass is 32.2. The average Bonchev–Trinajstić information content (AvgIpc) is 3.47. The normalized spacial score (nSPS) is 19.0. The van der Waals surface area contributed by atoms with Crippen LogP contribution in [0.4, 0.5) is 11.4 Å². The Kier molecular flexibility index (Phi) is 7.72. The Morgan fingerprint density at radius 2 is 1.49 bits per heavy atom. The van der Waals surface area contributed by atoms with Gasteiger partial charge in [-0.2, -0.15) is 0 Å². The molecule has 3 aromatic carbocycles. The van der Waals surface area contributed by atoms with Gasteiger partial charge < -0.3 is 19.5 Å². The molecule has 0 saturated carbocycles. The SMILES string of the molecule is COc1ccc(NC(=O)Cn2c3c(sc2=O)[C@@H](c2ccccc2OC)[C@@H]2C(=O)N(c4ccc(OC)cc4)C(=O)[C@@H]2S3)cc1. The first-order chi connectivity index (χ1) is 20.8. The summed E-state index contributed by atoms with van der Waals surface area (Å²) in [5, 5.41) is 2.49. The molecule has 3 amide bonds. The number of aromatic nitrogens is 1. The molecule has 1 fully saturated rings. The van der Waals surface area contributed by atoms with E-state index >= 15 is 0 Å². The summed E-state index contributed by atoms with van der Waals surface area (Å²) in [6.07, 6.45) is 0. The van der Waals surface area contributed by atoms with Gasteiger partial charge in [0.05, 0.1) is 38.0 Å². The van der Waals surface area contributed by atoms with Gasteiger partial charge in [0, 0.05) is 22.0 Å². The van der Waals surface area contributed by atoms with Crippen LogP contribution >= 0.6 is 23.1 Å². The summed E-state index contributed by atoms with van der Waals surface area (Å²) in [6, 6.07) is 20.9. The first-order valence-corrected chi connectivity index (χ1v) is 15.0. The number of nitrogens with one attached hydrogen (secondary N) is 1. The van der Waals surface area contributed by atoms with Crippen LogP contribution in [-0.4, -0.2) is 48.9 Å². The monoisotopic (exact) mass is 617 g/mol. The van der Waals surface area contributed by atoms with E-state index in [-0.39, 0.29) is 23.2 Å². The molecule has 2 aliphatic heterocycles. The number of fused-ring (bicyclic) bond motifs is 2. The Bertz CT molecular complexity index is 1770. The van der Waals surface area contributed by atoms with Crippen LogP contribution in [0.5, 0.6) is 17.2 Å². The Labute approximate surface area is 255 Å². The zero-order chi connectivity index (χ0) is 30.2. The van der Waals surface area contributed by atoms with Crippen molar-refractivity contribution in [2.24, 2.45) is 5.92 Å². The maximum Gasteiger partial charge on any atom is 0.308 e. The molecule has 0 aliphatic carbocycles. The van der Waals surface area contributed by atoms with Crippen LogP contribution in [-0.2, 0) is 20.9 Å². The molecule has 4 aromatic rings. The number of ether oxygens (including phenoxy) is 3. The van der Waals surface area contributed by atoms with Crippen LogP contribution in [0.25, 0.3) is 0 Å². The summed E-state index contributed by atoms with van der Waals surface area (Å²) < 4.78 is 17.5. The van der Waals surface area contributed by atoms with Gasteiger partial charge in [-0.1, -0.05) is 41.3 Å². The molecule has 1 aromatic heterocycles. The Balaban J connectivity index is 1.40. The van der Waals surface area contributed by atoms with Crippen LogP contribution in [0.3, 0.4) is 0 Å². The number of hydrogen-bond donors (Lipinski definition) is 1. The second kappa shape index (κ2) is 11.6. The number of hydrogen-bond acceptors (Lipinski definition) is 9. The van der Waals surface area contributed by atoms with Gasteiger partial charge >= 0.3 is 4.87 Å². The van der Waals surface area contributed by atoms with Gasteiger partial charge in [0.2, 0.25) is 17.7 Å². The van der Waals surface area contributed by atoms with Crippen LogP contribution in [0.2, 0.25) is 0 Å². The summed E-state index contributed by atoms with van der Waals surface area (Å²) in [5.74, 6) is -0.796. The fraction of sp³-hybridized carbons (Fsp3) is 0.226. The summed E-state index contributed by atoms with van der Waals surface area (Å²) in [7, 11) is 4.63. The molecule has 0 bridgehead atoms. The fourth-order valence-corrected chi connectivity index (χ4v) is 8.28. The highest BCUT2D eigenvalue weighted by Crippen LogP contribution is 2.55. The highest BCUT2D eigenvalue weighted by Gasteiger charge is 2.57. The summed E-state index contributed by atoms with van der Waals surface area (Å²) in [4.78, 5) is 56.0. The molecule has 2 aliphatic rings. The first kappa shape index (κ1) is 28.6. The summed E-state index contributed by atoms with van der Waals surface area (Å²) >= 11 is 2.14. The number of anilines is 2. The smallest absolute Gasteiger partial charge is 0.308 e. The van der Waals surface area contributed by atoms with E-state index in [2.05, 4.69) is 5.32 Å². The van der Waals surface area contributed by atoms with Crippen LogP contribution in [0.1, 0.15) is 16.4 Å². The minimum atomic E-state index is -0.818. The second-order valence-electron chi connectivity index (χ2n) is 9.89. The number of para-hydroxylation sites is 1. The number of methoxy groups -OCH3 is 3. The minimum absolute atomic E-state index is 0.260. The topological polar surface area (TPSA) is 116 Å². The number of thiazole rings is 1. The molecular weight excluding hydrogens is 590 g/mol. The largest absolute Gasteiger partial charge is 0.497 e. The predicted molar refractivity (Wildman–Crippen MR) is 164 cm³/mol. The maximum absolute atomic E-state index is 14.1. The van der Waals surface area contributed by atoms with Crippen molar-refractivity contribution in [3.8, 4) is 17.2 Å². The van der Waals surface area contributed by atoms with Gasteiger partial charge in [-0.3, -0.25) is 23.7 Å². The molecule has 220 valence electrons. The van der Waals surface area contributed by atoms with E-state index < -0.39 is 23.0 Å². The van der Waals surface area contributed by atoms with Crippen LogP contribution in [0, 0.1) is 5.92 Å². The number of thioether (sulfide) groups is 1. The molecule has 10 nitrogen and oxygen atoms in total. The van der Waals surface area contributed by atoms with Crippen molar-refractivity contribution < 1.29 is 28.6 Å². The summed E-state index contributed by atoms with van der Waals surface area (Å²) in [5.41, 5.74) is 1.67. The van der Waals surface area contributed by atoms with Crippen molar-refractivity contribution in [3.63, 3.8) is 0 Å². The molecule has 6 rings (SSSR count). The summed E-state index contributed by atoms with van der Waals surface area (Å²) in [6.45, 7) is -0.260. The number of carbonyl (C=O) groups excluding carboxylic acids is 3. The lowest BCUT2D eigenvalue weighted by Gasteiger charge is -2.31. The highest BCUT2D eigenvalue weighted by molar-refractivity contribution is 8.00. The van der Waals surface area contributed by atoms with E-state index in [1.807, 2.05) is 18.2 Å².